The molecule has 4 nitrogen and oxygen atoms in total. The number of anilines is 1. The normalized spacial score (nSPS) is 26.7. The molecule has 3 heterocycles. The van der Waals surface area contributed by atoms with Gasteiger partial charge >= 0.3 is 0 Å². The second-order valence-corrected chi connectivity index (χ2v) is 5.40. The van der Waals surface area contributed by atoms with E-state index in [4.69, 9.17) is 4.74 Å². The summed E-state index contributed by atoms with van der Waals surface area (Å²) in [5.74, 6) is 0.954. The molecule has 3 rings (SSSR count). The van der Waals surface area contributed by atoms with E-state index in [0.717, 1.165) is 48.6 Å². The molecule has 98 valence electrons. The molecule has 0 aliphatic carbocycles. The number of fused-ring (bicyclic) bond motifs is 2. The maximum absolute atomic E-state index is 9.57. The minimum absolute atomic E-state index is 0.0567. The third kappa shape index (κ3) is 1.99. The SMILES string of the molecule is Cc1cc(C)c(CO)c(N2CC3CCC(C2)O3)n1. The van der Waals surface area contributed by atoms with Crippen molar-refractivity contribution in [3.05, 3.63) is 22.9 Å². The van der Waals surface area contributed by atoms with Crippen molar-refractivity contribution in [3.63, 3.8) is 0 Å². The number of aliphatic hydroxyl groups excluding tert-OH is 1. The third-order valence-electron chi connectivity index (χ3n) is 3.95. The Morgan fingerprint density at radius 2 is 2.00 bits per heavy atom. The first kappa shape index (κ1) is 11.9. The predicted molar refractivity (Wildman–Crippen MR) is 69.7 cm³/mol. The van der Waals surface area contributed by atoms with Crippen molar-refractivity contribution in [1.82, 2.24) is 4.98 Å². The molecule has 2 atom stereocenters. The molecular formula is C14H20N2O2. The summed E-state index contributed by atoms with van der Waals surface area (Å²) in [6, 6.07) is 2.03. The van der Waals surface area contributed by atoms with Crippen LogP contribution in [-0.4, -0.2) is 35.4 Å². The van der Waals surface area contributed by atoms with Gasteiger partial charge < -0.3 is 14.7 Å². The van der Waals surface area contributed by atoms with E-state index in [2.05, 4.69) is 9.88 Å². The fourth-order valence-corrected chi connectivity index (χ4v) is 3.09. The van der Waals surface area contributed by atoms with Gasteiger partial charge in [0.1, 0.15) is 5.82 Å². The number of aromatic nitrogens is 1. The lowest BCUT2D eigenvalue weighted by Crippen LogP contribution is -2.43. The van der Waals surface area contributed by atoms with Gasteiger partial charge in [-0.15, -0.1) is 0 Å². The Bertz CT molecular complexity index is 449. The number of hydrogen-bond donors (Lipinski definition) is 1. The fourth-order valence-electron chi connectivity index (χ4n) is 3.09. The van der Waals surface area contributed by atoms with E-state index >= 15 is 0 Å². The van der Waals surface area contributed by atoms with Crippen molar-refractivity contribution in [3.8, 4) is 0 Å². The fraction of sp³-hybridized carbons (Fsp3) is 0.643. The van der Waals surface area contributed by atoms with Gasteiger partial charge in [0.25, 0.3) is 0 Å². The zero-order chi connectivity index (χ0) is 12.7. The molecule has 2 saturated heterocycles. The molecule has 2 bridgehead atoms. The highest BCUT2D eigenvalue weighted by molar-refractivity contribution is 5.52. The lowest BCUT2D eigenvalue weighted by molar-refractivity contribution is 0.0300. The van der Waals surface area contributed by atoms with Gasteiger partial charge in [0.2, 0.25) is 0 Å². The quantitative estimate of drug-likeness (QED) is 0.862. The summed E-state index contributed by atoms with van der Waals surface area (Å²) < 4.78 is 5.85. The van der Waals surface area contributed by atoms with Gasteiger partial charge in [0.15, 0.2) is 0 Å². The highest BCUT2D eigenvalue weighted by Gasteiger charge is 2.35. The van der Waals surface area contributed by atoms with Gasteiger partial charge in [-0.05, 0) is 38.3 Å². The van der Waals surface area contributed by atoms with E-state index in [0.29, 0.717) is 12.2 Å². The molecule has 1 aromatic heterocycles. The Labute approximate surface area is 108 Å². The van der Waals surface area contributed by atoms with Crippen LogP contribution in [0.25, 0.3) is 0 Å². The molecule has 1 N–H and O–H groups in total. The summed E-state index contributed by atoms with van der Waals surface area (Å²) >= 11 is 0. The van der Waals surface area contributed by atoms with Crippen LogP contribution in [0.3, 0.4) is 0 Å². The first-order valence-electron chi connectivity index (χ1n) is 6.65. The van der Waals surface area contributed by atoms with Crippen LogP contribution in [0, 0.1) is 13.8 Å². The van der Waals surface area contributed by atoms with E-state index in [1.165, 1.54) is 0 Å². The van der Waals surface area contributed by atoms with Crippen LogP contribution in [0.15, 0.2) is 6.07 Å². The standard InChI is InChI=1S/C14H20N2O2/c1-9-5-10(2)15-14(13(9)8-17)16-6-11-3-4-12(7-16)18-11/h5,11-12,17H,3-4,6-8H2,1-2H3. The van der Waals surface area contributed by atoms with Crippen LogP contribution in [0.5, 0.6) is 0 Å². The van der Waals surface area contributed by atoms with Gasteiger partial charge in [-0.25, -0.2) is 4.98 Å². The number of rotatable bonds is 2. The molecule has 0 amide bonds. The molecule has 2 fully saturated rings. The topological polar surface area (TPSA) is 45.6 Å². The molecule has 0 spiro atoms. The summed E-state index contributed by atoms with van der Waals surface area (Å²) in [5.41, 5.74) is 3.10. The van der Waals surface area contributed by atoms with Gasteiger partial charge in [-0.2, -0.15) is 0 Å². The number of morpholine rings is 1. The molecule has 18 heavy (non-hydrogen) atoms. The van der Waals surface area contributed by atoms with Crippen molar-refractivity contribution < 1.29 is 9.84 Å². The second kappa shape index (κ2) is 4.52. The van der Waals surface area contributed by atoms with E-state index in [1.807, 2.05) is 19.9 Å². The summed E-state index contributed by atoms with van der Waals surface area (Å²) in [6.07, 6.45) is 3.00. The summed E-state index contributed by atoms with van der Waals surface area (Å²) in [6.45, 7) is 5.91. The van der Waals surface area contributed by atoms with Gasteiger partial charge in [-0.1, -0.05) is 0 Å². The molecule has 0 saturated carbocycles. The van der Waals surface area contributed by atoms with E-state index in [1.54, 1.807) is 0 Å². The number of nitrogens with zero attached hydrogens (tertiary/aromatic N) is 2. The summed E-state index contributed by atoms with van der Waals surface area (Å²) in [7, 11) is 0. The maximum Gasteiger partial charge on any atom is 0.134 e. The van der Waals surface area contributed by atoms with Crippen LogP contribution in [0.2, 0.25) is 0 Å². The Morgan fingerprint density at radius 1 is 1.33 bits per heavy atom. The van der Waals surface area contributed by atoms with Crippen LogP contribution in [0.4, 0.5) is 5.82 Å². The number of aliphatic hydroxyl groups is 1. The van der Waals surface area contributed by atoms with Crippen LogP contribution in [0.1, 0.15) is 29.7 Å². The zero-order valence-corrected chi connectivity index (χ0v) is 11.0. The third-order valence-corrected chi connectivity index (χ3v) is 3.95. The number of aryl methyl sites for hydroxylation is 2. The monoisotopic (exact) mass is 248 g/mol. The van der Waals surface area contributed by atoms with E-state index in [-0.39, 0.29) is 6.61 Å². The van der Waals surface area contributed by atoms with Gasteiger partial charge in [0.05, 0.1) is 18.8 Å². The lowest BCUT2D eigenvalue weighted by Gasteiger charge is -2.34. The van der Waals surface area contributed by atoms with Crippen molar-refractivity contribution in [2.45, 2.75) is 45.5 Å². The molecule has 4 heteroatoms. The Kier molecular flexibility index (Phi) is 2.99. The average Bonchev–Trinajstić information content (AvgIpc) is 2.67. The molecule has 2 unspecified atom stereocenters. The van der Waals surface area contributed by atoms with E-state index in [9.17, 15) is 5.11 Å². The average molecular weight is 248 g/mol. The number of hydrogen-bond acceptors (Lipinski definition) is 4. The molecule has 0 radical (unpaired) electrons. The van der Waals surface area contributed by atoms with Gasteiger partial charge in [-0.3, -0.25) is 0 Å². The minimum atomic E-state index is 0.0567. The Balaban J connectivity index is 1.96. The largest absolute Gasteiger partial charge is 0.392 e. The minimum Gasteiger partial charge on any atom is -0.392 e. The van der Waals surface area contributed by atoms with Crippen molar-refractivity contribution >= 4 is 5.82 Å². The Morgan fingerprint density at radius 3 is 2.61 bits per heavy atom. The van der Waals surface area contributed by atoms with Gasteiger partial charge in [0, 0.05) is 24.3 Å². The van der Waals surface area contributed by atoms with Crippen molar-refractivity contribution in [2.75, 3.05) is 18.0 Å². The molecule has 2 aliphatic heterocycles. The number of pyridine rings is 1. The molecule has 1 aromatic rings. The second-order valence-electron chi connectivity index (χ2n) is 5.40. The summed E-state index contributed by atoms with van der Waals surface area (Å²) in [5, 5.41) is 9.57. The van der Waals surface area contributed by atoms with Crippen LogP contribution < -0.4 is 4.90 Å². The Hall–Kier alpha value is -1.13. The molecular weight excluding hydrogens is 228 g/mol. The highest BCUT2D eigenvalue weighted by Crippen LogP contribution is 2.31. The molecule has 2 aliphatic rings. The zero-order valence-electron chi connectivity index (χ0n) is 11.0. The van der Waals surface area contributed by atoms with Crippen molar-refractivity contribution in [2.24, 2.45) is 0 Å². The first-order valence-corrected chi connectivity index (χ1v) is 6.65. The summed E-state index contributed by atoms with van der Waals surface area (Å²) in [4.78, 5) is 6.92. The van der Waals surface area contributed by atoms with Crippen molar-refractivity contribution in [1.29, 1.82) is 0 Å². The first-order chi connectivity index (χ1) is 8.67. The molecule has 0 aromatic carbocycles. The lowest BCUT2D eigenvalue weighted by atomic mass is 10.1. The highest BCUT2D eigenvalue weighted by atomic mass is 16.5. The predicted octanol–water partition coefficient (Wildman–Crippen LogP) is 1.56. The van der Waals surface area contributed by atoms with E-state index < -0.39 is 0 Å². The number of ether oxygens (including phenoxy) is 1. The van der Waals surface area contributed by atoms with Crippen LogP contribution in [-0.2, 0) is 11.3 Å². The smallest absolute Gasteiger partial charge is 0.134 e. The maximum atomic E-state index is 9.57. The van der Waals surface area contributed by atoms with Crippen LogP contribution >= 0.6 is 0 Å².